The van der Waals surface area contributed by atoms with Gasteiger partial charge in [0.1, 0.15) is 12.4 Å². The van der Waals surface area contributed by atoms with Gasteiger partial charge in [0.25, 0.3) is 5.91 Å². The maximum absolute atomic E-state index is 12.7. The molecule has 0 aliphatic rings. The van der Waals surface area contributed by atoms with E-state index in [1.165, 1.54) is 0 Å². The number of amides is 1. The zero-order chi connectivity index (χ0) is 24.2. The standard InChI is InChI=1S/C24H16BrCl4N3O2/c25-19-12-32(11-16-5-6-17(26)9-20(16)28)31-23(19)30-24(33)15-3-1-14(2-4-15)13-34-22-8-7-18(27)10-21(22)29/h1-10,12H,11,13H2,(H,30,31,33). The van der Waals surface area contributed by atoms with Crippen molar-refractivity contribution in [1.82, 2.24) is 9.78 Å². The third kappa shape index (κ3) is 6.26. The van der Waals surface area contributed by atoms with E-state index < -0.39 is 0 Å². The van der Waals surface area contributed by atoms with E-state index in [2.05, 4.69) is 26.3 Å². The number of anilines is 1. The summed E-state index contributed by atoms with van der Waals surface area (Å²) in [6.07, 6.45) is 1.77. The van der Waals surface area contributed by atoms with Gasteiger partial charge in [-0.25, -0.2) is 0 Å². The molecule has 34 heavy (non-hydrogen) atoms. The minimum absolute atomic E-state index is 0.288. The van der Waals surface area contributed by atoms with Crippen molar-refractivity contribution in [2.75, 3.05) is 5.32 Å². The fourth-order valence-electron chi connectivity index (χ4n) is 3.07. The average Bonchev–Trinajstić information content (AvgIpc) is 3.14. The Balaban J connectivity index is 1.38. The highest BCUT2D eigenvalue weighted by Gasteiger charge is 2.13. The van der Waals surface area contributed by atoms with Gasteiger partial charge in [0, 0.05) is 26.8 Å². The third-order valence-corrected chi connectivity index (χ3v) is 6.50. The molecular formula is C24H16BrCl4N3O2. The molecule has 1 aromatic heterocycles. The van der Waals surface area contributed by atoms with Gasteiger partial charge in [-0.1, -0.05) is 64.6 Å². The van der Waals surface area contributed by atoms with Gasteiger partial charge in [-0.15, -0.1) is 0 Å². The van der Waals surface area contributed by atoms with E-state index >= 15 is 0 Å². The largest absolute Gasteiger partial charge is 0.487 e. The molecule has 1 heterocycles. The van der Waals surface area contributed by atoms with Crippen molar-refractivity contribution in [3.05, 3.63) is 108 Å². The molecule has 1 amide bonds. The third-order valence-electron chi connectivity index (χ3n) is 4.80. The lowest BCUT2D eigenvalue weighted by Crippen LogP contribution is -2.13. The first-order chi connectivity index (χ1) is 16.3. The van der Waals surface area contributed by atoms with Crippen molar-refractivity contribution in [2.24, 2.45) is 0 Å². The van der Waals surface area contributed by atoms with Gasteiger partial charge in [0.2, 0.25) is 0 Å². The molecule has 0 spiro atoms. The van der Waals surface area contributed by atoms with E-state index in [-0.39, 0.29) is 5.91 Å². The number of nitrogens with one attached hydrogen (secondary N) is 1. The maximum atomic E-state index is 12.7. The van der Waals surface area contributed by atoms with Gasteiger partial charge in [-0.3, -0.25) is 9.48 Å². The molecule has 0 fully saturated rings. The molecule has 174 valence electrons. The zero-order valence-corrected chi connectivity index (χ0v) is 22.0. The van der Waals surface area contributed by atoms with Crippen LogP contribution in [0.3, 0.4) is 0 Å². The van der Waals surface area contributed by atoms with E-state index in [9.17, 15) is 4.79 Å². The number of nitrogens with zero attached hydrogens (tertiary/aromatic N) is 2. The minimum atomic E-state index is -0.288. The summed E-state index contributed by atoms with van der Waals surface area (Å²) in [6, 6.07) is 17.4. The topological polar surface area (TPSA) is 56.2 Å². The molecule has 0 atom stereocenters. The molecular weight excluding hydrogens is 584 g/mol. The molecule has 0 radical (unpaired) electrons. The summed E-state index contributed by atoms with van der Waals surface area (Å²) in [5.41, 5.74) is 2.22. The monoisotopic (exact) mass is 597 g/mol. The summed E-state index contributed by atoms with van der Waals surface area (Å²) < 4.78 is 8.06. The highest BCUT2D eigenvalue weighted by Crippen LogP contribution is 2.28. The van der Waals surface area contributed by atoms with Crippen molar-refractivity contribution >= 4 is 74.1 Å². The van der Waals surface area contributed by atoms with Crippen LogP contribution in [0.1, 0.15) is 21.5 Å². The zero-order valence-electron chi connectivity index (χ0n) is 17.4. The molecule has 0 unspecified atom stereocenters. The van der Waals surface area contributed by atoms with Crippen molar-refractivity contribution in [3.63, 3.8) is 0 Å². The molecule has 3 aromatic carbocycles. The molecule has 0 saturated carbocycles. The molecule has 0 aliphatic carbocycles. The predicted molar refractivity (Wildman–Crippen MR) is 141 cm³/mol. The van der Waals surface area contributed by atoms with Gasteiger partial charge in [-0.2, -0.15) is 5.10 Å². The Kier molecular flexibility index (Phi) is 8.06. The van der Waals surface area contributed by atoms with Crippen LogP contribution in [0.5, 0.6) is 5.75 Å². The van der Waals surface area contributed by atoms with Crippen molar-refractivity contribution < 1.29 is 9.53 Å². The second kappa shape index (κ2) is 11.0. The Morgan fingerprint density at radius 2 is 1.62 bits per heavy atom. The summed E-state index contributed by atoms with van der Waals surface area (Å²) in [5, 5.41) is 9.34. The van der Waals surface area contributed by atoms with Gasteiger partial charge >= 0.3 is 0 Å². The van der Waals surface area contributed by atoms with Crippen LogP contribution in [0, 0.1) is 0 Å². The van der Waals surface area contributed by atoms with Crippen LogP contribution >= 0.6 is 62.3 Å². The smallest absolute Gasteiger partial charge is 0.256 e. The van der Waals surface area contributed by atoms with E-state index in [1.807, 2.05) is 18.2 Å². The van der Waals surface area contributed by atoms with Crippen LogP contribution in [0.4, 0.5) is 5.82 Å². The van der Waals surface area contributed by atoms with Crippen LogP contribution in [0.15, 0.2) is 71.3 Å². The van der Waals surface area contributed by atoms with Gasteiger partial charge in [0.15, 0.2) is 5.82 Å². The number of rotatable bonds is 7. The number of hydrogen-bond acceptors (Lipinski definition) is 3. The lowest BCUT2D eigenvalue weighted by atomic mass is 10.1. The molecule has 0 saturated heterocycles. The molecule has 1 N–H and O–H groups in total. The Labute approximate surface area is 224 Å². The summed E-state index contributed by atoms with van der Waals surface area (Å²) in [6.45, 7) is 0.725. The lowest BCUT2D eigenvalue weighted by molar-refractivity contribution is 0.102. The van der Waals surface area contributed by atoms with Gasteiger partial charge in [-0.05, 0) is 69.5 Å². The molecule has 5 nitrogen and oxygen atoms in total. The van der Waals surface area contributed by atoms with Crippen LogP contribution in [-0.4, -0.2) is 15.7 Å². The second-order valence-corrected chi connectivity index (χ2v) is 9.82. The lowest BCUT2D eigenvalue weighted by Gasteiger charge is -2.09. The number of carbonyl (C=O) groups excluding carboxylic acids is 1. The number of hydrogen-bond donors (Lipinski definition) is 1. The fourth-order valence-corrected chi connectivity index (χ4v) is 4.42. The second-order valence-electron chi connectivity index (χ2n) is 7.27. The van der Waals surface area contributed by atoms with E-state index in [4.69, 9.17) is 51.1 Å². The van der Waals surface area contributed by atoms with Crippen LogP contribution in [0.25, 0.3) is 0 Å². The Hall–Kier alpha value is -2.22. The quantitative estimate of drug-likeness (QED) is 0.233. The predicted octanol–water partition coefficient (Wildman–Crippen LogP) is 8.14. The Bertz CT molecular complexity index is 1340. The van der Waals surface area contributed by atoms with Crippen LogP contribution < -0.4 is 10.1 Å². The minimum Gasteiger partial charge on any atom is -0.487 e. The Morgan fingerprint density at radius 3 is 2.29 bits per heavy atom. The first-order valence-corrected chi connectivity index (χ1v) is 12.2. The van der Waals surface area contributed by atoms with E-state index in [0.717, 1.165) is 11.1 Å². The SMILES string of the molecule is O=C(Nc1nn(Cc2ccc(Cl)cc2Cl)cc1Br)c1ccc(COc2ccc(Cl)cc2Cl)cc1. The number of halogens is 5. The highest BCUT2D eigenvalue weighted by atomic mass is 79.9. The number of aromatic nitrogens is 2. The molecule has 10 heteroatoms. The van der Waals surface area contributed by atoms with Crippen molar-refractivity contribution in [2.45, 2.75) is 13.2 Å². The first-order valence-electron chi connectivity index (χ1n) is 9.93. The van der Waals surface area contributed by atoms with Gasteiger partial charge < -0.3 is 10.1 Å². The summed E-state index contributed by atoms with van der Waals surface area (Å²) >= 11 is 27.7. The summed E-state index contributed by atoms with van der Waals surface area (Å²) in [4.78, 5) is 12.7. The first kappa shape index (κ1) is 24.9. The normalized spacial score (nSPS) is 10.9. The van der Waals surface area contributed by atoms with Crippen LogP contribution in [-0.2, 0) is 13.2 Å². The molecule has 4 rings (SSSR count). The molecule has 0 bridgehead atoms. The van der Waals surface area contributed by atoms with E-state index in [0.29, 0.717) is 54.8 Å². The summed E-state index contributed by atoms with van der Waals surface area (Å²) in [5.74, 6) is 0.650. The van der Waals surface area contributed by atoms with E-state index in [1.54, 1.807) is 53.3 Å². The van der Waals surface area contributed by atoms with Crippen LogP contribution in [0.2, 0.25) is 20.1 Å². The molecule has 0 aliphatic heterocycles. The number of ether oxygens (including phenoxy) is 1. The Morgan fingerprint density at radius 1 is 0.941 bits per heavy atom. The highest BCUT2D eigenvalue weighted by molar-refractivity contribution is 9.10. The number of benzene rings is 3. The molecule has 4 aromatic rings. The number of carbonyl (C=O) groups is 1. The van der Waals surface area contributed by atoms with Crippen molar-refractivity contribution in [3.8, 4) is 5.75 Å². The summed E-state index contributed by atoms with van der Waals surface area (Å²) in [7, 11) is 0. The fraction of sp³-hybridized carbons (Fsp3) is 0.0833. The maximum Gasteiger partial charge on any atom is 0.256 e. The van der Waals surface area contributed by atoms with Crippen molar-refractivity contribution in [1.29, 1.82) is 0 Å². The van der Waals surface area contributed by atoms with Gasteiger partial charge in [0.05, 0.1) is 16.0 Å². The average molecular weight is 600 g/mol.